The number of benzene rings is 1. The quantitative estimate of drug-likeness (QED) is 0.813. The van der Waals surface area contributed by atoms with Gasteiger partial charge in [-0.1, -0.05) is 62.2 Å². The molecular weight excluding hydrogens is 326 g/mol. The standard InChI is InChI=1S/C21H27N3O2/c1-3-8-15(2)19(25)24-13-17-11-7-12-21(17,14-24)20-22-18(23-26-20)16-9-5-4-6-10-16/h4-6,9-10,15,17H,3,7-8,11-14H2,1-2H3/t15?,17-,21-/m1/s1. The van der Waals surface area contributed by atoms with E-state index in [0.717, 1.165) is 50.2 Å². The van der Waals surface area contributed by atoms with Crippen molar-refractivity contribution in [2.24, 2.45) is 11.8 Å². The van der Waals surface area contributed by atoms with Gasteiger partial charge in [-0.15, -0.1) is 0 Å². The Bertz CT molecular complexity index is 773. The van der Waals surface area contributed by atoms with Crippen LogP contribution in [0.1, 0.15) is 51.8 Å². The van der Waals surface area contributed by atoms with Gasteiger partial charge >= 0.3 is 0 Å². The average Bonchev–Trinajstić information content (AvgIpc) is 3.35. The minimum Gasteiger partial charge on any atom is -0.341 e. The van der Waals surface area contributed by atoms with Crippen molar-refractivity contribution in [3.63, 3.8) is 0 Å². The second kappa shape index (κ2) is 6.86. The van der Waals surface area contributed by atoms with Gasteiger partial charge in [0, 0.05) is 24.6 Å². The van der Waals surface area contributed by atoms with Crippen LogP contribution in [0, 0.1) is 11.8 Å². The number of rotatable bonds is 5. The van der Waals surface area contributed by atoms with Gasteiger partial charge < -0.3 is 9.42 Å². The Kier molecular flexibility index (Phi) is 4.55. The Morgan fingerprint density at radius 2 is 2.19 bits per heavy atom. The van der Waals surface area contributed by atoms with Crippen LogP contribution in [-0.2, 0) is 10.2 Å². The van der Waals surface area contributed by atoms with Crippen LogP contribution in [0.25, 0.3) is 11.4 Å². The lowest BCUT2D eigenvalue weighted by atomic mass is 9.80. The lowest BCUT2D eigenvalue weighted by Gasteiger charge is -2.25. The minimum absolute atomic E-state index is 0.0958. The van der Waals surface area contributed by atoms with Gasteiger partial charge in [0.1, 0.15) is 0 Å². The highest BCUT2D eigenvalue weighted by molar-refractivity contribution is 5.79. The molecule has 1 amide bonds. The molecule has 1 aromatic carbocycles. The number of nitrogens with zero attached hydrogens (tertiary/aromatic N) is 3. The molecule has 2 aliphatic rings. The summed E-state index contributed by atoms with van der Waals surface area (Å²) in [7, 11) is 0. The van der Waals surface area contributed by atoms with E-state index in [1.807, 2.05) is 37.3 Å². The predicted molar refractivity (Wildman–Crippen MR) is 99.4 cm³/mol. The molecule has 3 atom stereocenters. The van der Waals surface area contributed by atoms with E-state index in [1.54, 1.807) is 0 Å². The first-order valence-corrected chi connectivity index (χ1v) is 9.82. The van der Waals surface area contributed by atoms with Crippen LogP contribution in [-0.4, -0.2) is 34.0 Å². The molecule has 2 aromatic rings. The zero-order valence-electron chi connectivity index (χ0n) is 15.6. The third kappa shape index (κ3) is 2.83. The Morgan fingerprint density at radius 3 is 2.96 bits per heavy atom. The van der Waals surface area contributed by atoms with E-state index in [-0.39, 0.29) is 17.2 Å². The average molecular weight is 353 g/mol. The van der Waals surface area contributed by atoms with E-state index >= 15 is 0 Å². The van der Waals surface area contributed by atoms with E-state index in [4.69, 9.17) is 9.51 Å². The second-order valence-corrected chi connectivity index (χ2v) is 7.94. The van der Waals surface area contributed by atoms with Crippen molar-refractivity contribution in [1.29, 1.82) is 0 Å². The molecule has 0 bridgehead atoms. The number of carbonyl (C=O) groups excluding carboxylic acids is 1. The summed E-state index contributed by atoms with van der Waals surface area (Å²) >= 11 is 0. The van der Waals surface area contributed by atoms with Crippen molar-refractivity contribution < 1.29 is 9.32 Å². The summed E-state index contributed by atoms with van der Waals surface area (Å²) < 4.78 is 5.74. The molecule has 1 aliphatic carbocycles. The van der Waals surface area contributed by atoms with Crippen LogP contribution in [0.4, 0.5) is 0 Å². The first-order valence-electron chi connectivity index (χ1n) is 9.82. The molecule has 1 saturated heterocycles. The summed E-state index contributed by atoms with van der Waals surface area (Å²) in [5.74, 6) is 2.17. The number of hydrogen-bond donors (Lipinski definition) is 0. The van der Waals surface area contributed by atoms with Crippen molar-refractivity contribution >= 4 is 5.91 Å². The van der Waals surface area contributed by atoms with Crippen LogP contribution in [0.2, 0.25) is 0 Å². The molecule has 0 N–H and O–H groups in total. The number of aromatic nitrogens is 2. The summed E-state index contributed by atoms with van der Waals surface area (Å²) in [4.78, 5) is 19.6. The maximum absolute atomic E-state index is 12.8. The third-order valence-electron chi connectivity index (χ3n) is 6.21. The number of hydrogen-bond acceptors (Lipinski definition) is 4. The largest absolute Gasteiger partial charge is 0.341 e. The SMILES string of the molecule is CCCC(C)C(=O)N1C[C@H]2CCC[C@@]2(c2nc(-c3ccccc3)no2)C1. The fourth-order valence-electron chi connectivity index (χ4n) is 4.81. The molecule has 2 heterocycles. The zero-order valence-corrected chi connectivity index (χ0v) is 15.6. The van der Waals surface area contributed by atoms with Crippen molar-refractivity contribution in [3.05, 3.63) is 36.2 Å². The van der Waals surface area contributed by atoms with Gasteiger partial charge in [-0.05, 0) is 25.2 Å². The molecule has 4 rings (SSSR count). The number of amides is 1. The van der Waals surface area contributed by atoms with Crippen molar-refractivity contribution in [3.8, 4) is 11.4 Å². The molecule has 5 heteroatoms. The Hall–Kier alpha value is -2.17. The summed E-state index contributed by atoms with van der Waals surface area (Å²) in [5, 5.41) is 4.23. The highest BCUT2D eigenvalue weighted by atomic mass is 16.5. The van der Waals surface area contributed by atoms with Gasteiger partial charge in [-0.3, -0.25) is 4.79 Å². The molecule has 2 fully saturated rings. The fourth-order valence-corrected chi connectivity index (χ4v) is 4.81. The Morgan fingerprint density at radius 1 is 1.38 bits per heavy atom. The van der Waals surface area contributed by atoms with Crippen LogP contribution in [0.3, 0.4) is 0 Å². The maximum atomic E-state index is 12.8. The molecule has 1 unspecified atom stereocenters. The topological polar surface area (TPSA) is 59.2 Å². The van der Waals surface area contributed by atoms with Crippen molar-refractivity contribution in [2.45, 2.75) is 51.4 Å². The fraction of sp³-hybridized carbons (Fsp3) is 0.571. The lowest BCUT2D eigenvalue weighted by Crippen LogP contribution is -2.37. The van der Waals surface area contributed by atoms with Gasteiger partial charge in [-0.25, -0.2) is 0 Å². The molecule has 5 nitrogen and oxygen atoms in total. The lowest BCUT2D eigenvalue weighted by molar-refractivity contribution is -0.134. The first-order chi connectivity index (χ1) is 12.6. The zero-order chi connectivity index (χ0) is 18.1. The van der Waals surface area contributed by atoms with Gasteiger partial charge in [0.15, 0.2) is 0 Å². The highest BCUT2D eigenvalue weighted by Gasteiger charge is 2.55. The second-order valence-electron chi connectivity index (χ2n) is 7.94. The van der Waals surface area contributed by atoms with Gasteiger partial charge in [0.25, 0.3) is 0 Å². The summed E-state index contributed by atoms with van der Waals surface area (Å²) in [6.45, 7) is 5.73. The molecular formula is C21H27N3O2. The van der Waals surface area contributed by atoms with Crippen LogP contribution in [0.5, 0.6) is 0 Å². The van der Waals surface area contributed by atoms with Crippen LogP contribution in [0.15, 0.2) is 34.9 Å². The van der Waals surface area contributed by atoms with Crippen molar-refractivity contribution in [2.75, 3.05) is 13.1 Å². The monoisotopic (exact) mass is 353 g/mol. The van der Waals surface area contributed by atoms with E-state index < -0.39 is 0 Å². The molecule has 1 aliphatic heterocycles. The normalized spacial score (nSPS) is 26.1. The molecule has 0 spiro atoms. The van der Waals surface area contributed by atoms with Crippen LogP contribution >= 0.6 is 0 Å². The van der Waals surface area contributed by atoms with Crippen molar-refractivity contribution in [1.82, 2.24) is 15.0 Å². The summed E-state index contributed by atoms with van der Waals surface area (Å²) in [6.07, 6.45) is 5.32. The van der Waals surface area contributed by atoms with E-state index in [9.17, 15) is 4.79 Å². The maximum Gasteiger partial charge on any atom is 0.235 e. The van der Waals surface area contributed by atoms with Gasteiger partial charge in [0.2, 0.25) is 17.6 Å². The van der Waals surface area contributed by atoms with Crippen LogP contribution < -0.4 is 0 Å². The summed E-state index contributed by atoms with van der Waals surface area (Å²) in [6, 6.07) is 9.93. The molecule has 1 aromatic heterocycles. The smallest absolute Gasteiger partial charge is 0.235 e. The van der Waals surface area contributed by atoms with E-state index in [2.05, 4.69) is 17.0 Å². The number of fused-ring (bicyclic) bond motifs is 1. The first kappa shape index (κ1) is 17.3. The molecule has 1 saturated carbocycles. The van der Waals surface area contributed by atoms with E-state index in [1.165, 1.54) is 6.42 Å². The Labute approximate surface area is 154 Å². The number of likely N-dealkylation sites (tertiary alicyclic amines) is 1. The van der Waals surface area contributed by atoms with Gasteiger partial charge in [0.05, 0.1) is 5.41 Å². The Balaban J connectivity index is 1.59. The summed E-state index contributed by atoms with van der Waals surface area (Å²) in [5.41, 5.74) is 0.817. The highest BCUT2D eigenvalue weighted by Crippen LogP contribution is 2.50. The third-order valence-corrected chi connectivity index (χ3v) is 6.21. The predicted octanol–water partition coefficient (Wildman–Crippen LogP) is 4.05. The molecule has 26 heavy (non-hydrogen) atoms. The van der Waals surface area contributed by atoms with Gasteiger partial charge in [-0.2, -0.15) is 4.98 Å². The molecule has 138 valence electrons. The molecule has 0 radical (unpaired) electrons. The van der Waals surface area contributed by atoms with E-state index in [0.29, 0.717) is 11.7 Å². The number of carbonyl (C=O) groups is 1. The minimum atomic E-state index is -0.151.